The summed E-state index contributed by atoms with van der Waals surface area (Å²) in [7, 11) is 1.27. The van der Waals surface area contributed by atoms with Crippen molar-refractivity contribution in [3.8, 4) is 0 Å². The Balaban J connectivity index is 2.00. The number of rotatable bonds is 6. The van der Waals surface area contributed by atoms with Crippen LogP contribution in [0.15, 0.2) is 18.2 Å². The Morgan fingerprint density at radius 3 is 2.81 bits per heavy atom. The molecule has 0 saturated carbocycles. The number of nitrogens with one attached hydrogen (secondary N) is 3. The second-order valence-electron chi connectivity index (χ2n) is 6.16. The van der Waals surface area contributed by atoms with Gasteiger partial charge in [-0.15, -0.1) is 0 Å². The summed E-state index contributed by atoms with van der Waals surface area (Å²) in [5.74, 6) is -0.965. The van der Waals surface area contributed by atoms with Crippen LogP contribution in [0.5, 0.6) is 0 Å². The Bertz CT molecular complexity index is 699. The van der Waals surface area contributed by atoms with Crippen LogP contribution in [0.1, 0.15) is 24.9 Å². The smallest absolute Gasteiger partial charge is 0.312 e. The Labute approximate surface area is 162 Å². The summed E-state index contributed by atoms with van der Waals surface area (Å²) in [6.45, 7) is 2.90. The van der Waals surface area contributed by atoms with Crippen LogP contribution in [-0.4, -0.2) is 50.6 Å². The minimum atomic E-state index is -0.642. The summed E-state index contributed by atoms with van der Waals surface area (Å²) in [5.41, 5.74) is 0.752. The van der Waals surface area contributed by atoms with Gasteiger partial charge in [0, 0.05) is 10.0 Å². The summed E-state index contributed by atoms with van der Waals surface area (Å²) in [4.78, 5) is 36.8. The number of carbonyl (C=O) groups is 3. The number of carbonyl (C=O) groups excluding carboxylic acids is 3. The second-order valence-corrected chi connectivity index (χ2v) is 7.01. The van der Waals surface area contributed by atoms with E-state index in [0.29, 0.717) is 23.1 Å². The molecule has 1 aliphatic heterocycles. The van der Waals surface area contributed by atoms with Crippen molar-refractivity contribution in [2.24, 2.45) is 0 Å². The molecule has 3 atom stereocenters. The van der Waals surface area contributed by atoms with Gasteiger partial charge in [0.15, 0.2) is 12.6 Å². The number of benzene rings is 1. The molecule has 7 nitrogen and oxygen atoms in total. The van der Waals surface area contributed by atoms with E-state index in [0.717, 1.165) is 10.5 Å². The normalized spacial score (nSPS) is 20.8. The number of hydrogen-bond donors (Lipinski definition) is 3. The van der Waals surface area contributed by atoms with Gasteiger partial charge in [-0.05, 0) is 24.6 Å². The lowest BCUT2D eigenvalue weighted by Crippen LogP contribution is -3.20. The first-order valence-electron chi connectivity index (χ1n) is 8.25. The van der Waals surface area contributed by atoms with E-state index in [-0.39, 0.29) is 30.8 Å². The number of amides is 2. The van der Waals surface area contributed by atoms with Gasteiger partial charge in [-0.25, -0.2) is 0 Å². The Morgan fingerprint density at radius 2 is 2.15 bits per heavy atom. The van der Waals surface area contributed by atoms with Crippen molar-refractivity contribution >= 4 is 41.0 Å². The van der Waals surface area contributed by atoms with E-state index in [4.69, 9.17) is 23.2 Å². The standard InChI is InChI=1S/C17H21Cl2N3O4/c1-10(12-4-3-11(18)7-13(12)19)21-15(23)9-22-6-5-20-17(25)14(22)8-16(24)26-2/h3-4,7,10,14H,5-6,8-9H2,1-2H3,(H,20,25)(H,21,23)/p+1/t10-,14+/m1/s1. The topological polar surface area (TPSA) is 88.9 Å². The molecule has 26 heavy (non-hydrogen) atoms. The molecule has 9 heteroatoms. The first kappa shape index (κ1) is 20.5. The Kier molecular flexibility index (Phi) is 7.25. The van der Waals surface area contributed by atoms with Crippen molar-refractivity contribution in [1.29, 1.82) is 0 Å². The molecule has 0 spiro atoms. The number of esters is 1. The molecule has 1 aromatic rings. The molecule has 2 rings (SSSR count). The summed E-state index contributed by atoms with van der Waals surface area (Å²) in [6, 6.07) is 4.13. The van der Waals surface area contributed by atoms with Gasteiger partial charge in [0.2, 0.25) is 0 Å². The lowest BCUT2D eigenvalue weighted by molar-refractivity contribution is -0.909. The Morgan fingerprint density at radius 1 is 1.42 bits per heavy atom. The van der Waals surface area contributed by atoms with Crippen LogP contribution in [-0.2, 0) is 19.1 Å². The molecular formula is C17H22Cl2N3O4+. The number of quaternary nitrogens is 1. The minimum absolute atomic E-state index is 0.0660. The van der Waals surface area contributed by atoms with Crippen molar-refractivity contribution in [2.75, 3.05) is 26.7 Å². The van der Waals surface area contributed by atoms with Gasteiger partial charge >= 0.3 is 5.97 Å². The molecular weight excluding hydrogens is 381 g/mol. The van der Waals surface area contributed by atoms with Gasteiger partial charge in [-0.1, -0.05) is 29.3 Å². The molecule has 0 aliphatic carbocycles. The molecule has 1 fully saturated rings. The lowest BCUT2D eigenvalue weighted by atomic mass is 10.1. The molecule has 1 saturated heterocycles. The third kappa shape index (κ3) is 5.33. The van der Waals surface area contributed by atoms with Gasteiger partial charge < -0.3 is 20.3 Å². The van der Waals surface area contributed by atoms with E-state index < -0.39 is 12.0 Å². The largest absolute Gasteiger partial charge is 0.469 e. The van der Waals surface area contributed by atoms with Crippen LogP contribution in [0, 0.1) is 0 Å². The first-order chi connectivity index (χ1) is 12.3. The fraction of sp³-hybridized carbons (Fsp3) is 0.471. The maximum atomic E-state index is 12.4. The fourth-order valence-electron chi connectivity index (χ4n) is 2.96. The molecule has 0 aromatic heterocycles. The molecule has 1 heterocycles. The first-order valence-corrected chi connectivity index (χ1v) is 9.00. The quantitative estimate of drug-likeness (QED) is 0.589. The average molecular weight is 403 g/mol. The van der Waals surface area contributed by atoms with Crippen molar-refractivity contribution in [3.63, 3.8) is 0 Å². The van der Waals surface area contributed by atoms with E-state index in [1.54, 1.807) is 18.2 Å². The summed E-state index contributed by atoms with van der Waals surface area (Å²) in [6.07, 6.45) is -0.0660. The molecule has 1 unspecified atom stereocenters. The number of halogens is 2. The average Bonchev–Trinajstić information content (AvgIpc) is 2.57. The van der Waals surface area contributed by atoms with E-state index >= 15 is 0 Å². The van der Waals surface area contributed by atoms with Crippen LogP contribution >= 0.6 is 23.2 Å². The zero-order valence-corrected chi connectivity index (χ0v) is 16.1. The highest BCUT2D eigenvalue weighted by Gasteiger charge is 2.37. The van der Waals surface area contributed by atoms with Gasteiger partial charge in [-0.2, -0.15) is 0 Å². The SMILES string of the molecule is COC(=O)C[C@H]1C(=O)NCC[NH+]1CC(=O)N[C@H](C)c1ccc(Cl)cc1Cl. The van der Waals surface area contributed by atoms with E-state index in [9.17, 15) is 14.4 Å². The lowest BCUT2D eigenvalue weighted by Gasteiger charge is -2.31. The molecule has 142 valence electrons. The third-order valence-corrected chi connectivity index (χ3v) is 4.91. The highest BCUT2D eigenvalue weighted by atomic mass is 35.5. The van der Waals surface area contributed by atoms with Crippen molar-refractivity contribution < 1.29 is 24.0 Å². The molecule has 0 bridgehead atoms. The number of hydrogen-bond acceptors (Lipinski definition) is 4. The maximum absolute atomic E-state index is 12.4. The van der Waals surface area contributed by atoms with Crippen molar-refractivity contribution in [3.05, 3.63) is 33.8 Å². The summed E-state index contributed by atoms with van der Waals surface area (Å²) >= 11 is 12.1. The molecule has 1 aliphatic rings. The van der Waals surface area contributed by atoms with E-state index in [1.807, 2.05) is 6.92 Å². The minimum Gasteiger partial charge on any atom is -0.469 e. The van der Waals surface area contributed by atoms with Gasteiger partial charge in [0.1, 0.15) is 6.42 Å². The second kappa shape index (κ2) is 9.21. The van der Waals surface area contributed by atoms with Crippen LogP contribution in [0.4, 0.5) is 0 Å². The van der Waals surface area contributed by atoms with Crippen LogP contribution in [0.25, 0.3) is 0 Å². The fourth-order valence-corrected chi connectivity index (χ4v) is 3.53. The van der Waals surface area contributed by atoms with Gasteiger partial charge in [0.05, 0.1) is 26.2 Å². The van der Waals surface area contributed by atoms with Crippen molar-refractivity contribution in [1.82, 2.24) is 10.6 Å². The highest BCUT2D eigenvalue weighted by molar-refractivity contribution is 6.35. The summed E-state index contributed by atoms with van der Waals surface area (Å²) in [5, 5.41) is 6.58. The van der Waals surface area contributed by atoms with E-state index in [2.05, 4.69) is 15.4 Å². The maximum Gasteiger partial charge on any atom is 0.312 e. The zero-order valence-electron chi connectivity index (χ0n) is 14.6. The molecule has 3 N–H and O–H groups in total. The van der Waals surface area contributed by atoms with Crippen LogP contribution < -0.4 is 15.5 Å². The summed E-state index contributed by atoms with van der Waals surface area (Å²) < 4.78 is 4.64. The monoisotopic (exact) mass is 402 g/mol. The predicted molar refractivity (Wildman–Crippen MR) is 97.1 cm³/mol. The molecule has 0 radical (unpaired) electrons. The van der Waals surface area contributed by atoms with Gasteiger partial charge in [0.25, 0.3) is 11.8 Å². The van der Waals surface area contributed by atoms with Crippen molar-refractivity contribution in [2.45, 2.75) is 25.4 Å². The predicted octanol–water partition coefficient (Wildman–Crippen LogP) is 0.117. The Hall–Kier alpha value is -1.83. The van der Waals surface area contributed by atoms with Crippen LogP contribution in [0.2, 0.25) is 10.0 Å². The number of piperazine rings is 1. The van der Waals surface area contributed by atoms with E-state index in [1.165, 1.54) is 7.11 Å². The highest BCUT2D eigenvalue weighted by Crippen LogP contribution is 2.25. The third-order valence-electron chi connectivity index (χ3n) is 4.35. The number of ether oxygens (including phenoxy) is 1. The van der Waals surface area contributed by atoms with Gasteiger partial charge in [-0.3, -0.25) is 14.4 Å². The van der Waals surface area contributed by atoms with Crippen LogP contribution in [0.3, 0.4) is 0 Å². The number of methoxy groups -OCH3 is 1. The molecule has 2 amide bonds. The zero-order chi connectivity index (χ0) is 19.3. The molecule has 1 aromatic carbocycles.